The normalized spacial score (nSPS) is 22.0. The van der Waals surface area contributed by atoms with E-state index in [-0.39, 0.29) is 46.8 Å². The minimum absolute atomic E-state index is 0. The largest absolute Gasteiger partial charge is 1.00 e. The SMILES string of the molecule is CC(=O)c1c(C)[nH]c(C(=O)NC(C(=O)N[C@@H]2C(=O)N3[C@@H]2SC(C)(C)[C@@H]3C(=O)O)c2ccc([O-])cc2)c1C.[Na+]. The molecule has 1 aromatic heterocycles. The number of Topliss-reactive ketones (excluding diaryl/α,β-unsaturated/α-hetero) is 1. The summed E-state index contributed by atoms with van der Waals surface area (Å²) in [5.74, 6) is -3.49. The Morgan fingerprint density at radius 3 is 2.29 bits per heavy atom. The Hall–Kier alpha value is -2.80. The molecule has 3 amide bonds. The smallest absolute Gasteiger partial charge is 0.872 e. The van der Waals surface area contributed by atoms with Gasteiger partial charge in [-0.2, -0.15) is 0 Å². The van der Waals surface area contributed by atoms with Gasteiger partial charge in [-0.05, 0) is 45.7 Å². The number of hydrogen-bond donors (Lipinski definition) is 4. The quantitative estimate of drug-likeness (QED) is 0.174. The molecule has 0 radical (unpaired) electrons. The fourth-order valence-electron chi connectivity index (χ4n) is 5.05. The van der Waals surface area contributed by atoms with Crippen molar-refractivity contribution in [2.75, 3.05) is 0 Å². The zero-order valence-electron chi connectivity index (χ0n) is 21.9. The number of aromatic nitrogens is 1. The molecule has 1 aromatic carbocycles. The van der Waals surface area contributed by atoms with Crippen LogP contribution in [0, 0.1) is 13.8 Å². The van der Waals surface area contributed by atoms with Gasteiger partial charge in [0.15, 0.2) is 5.78 Å². The number of aryl methyl sites for hydroxylation is 1. The molecule has 4 atom stereocenters. The molecule has 2 saturated heterocycles. The number of fused-ring (bicyclic) bond motifs is 1. The van der Waals surface area contributed by atoms with Crippen LogP contribution in [0.25, 0.3) is 0 Å². The molecule has 2 fully saturated rings. The average Bonchev–Trinajstić information content (AvgIpc) is 3.26. The number of β-lactam (4-membered cyclic amide) rings is 1. The summed E-state index contributed by atoms with van der Waals surface area (Å²) < 4.78 is -0.763. The van der Waals surface area contributed by atoms with Crippen molar-refractivity contribution in [3.63, 3.8) is 0 Å². The van der Waals surface area contributed by atoms with Gasteiger partial charge in [0, 0.05) is 16.0 Å². The molecule has 0 aliphatic carbocycles. The first kappa shape index (κ1) is 29.8. The number of carbonyl (C=O) groups excluding carboxylic acids is 4. The Labute approximate surface area is 245 Å². The topological polar surface area (TPSA) is 172 Å². The molecule has 13 heteroatoms. The minimum atomic E-state index is -1.27. The predicted molar refractivity (Wildman–Crippen MR) is 132 cm³/mol. The van der Waals surface area contributed by atoms with Crippen LogP contribution in [0.5, 0.6) is 5.75 Å². The van der Waals surface area contributed by atoms with Gasteiger partial charge in [-0.1, -0.05) is 24.3 Å². The number of ketones is 1. The number of nitrogens with zero attached hydrogens (tertiary/aromatic N) is 1. The van der Waals surface area contributed by atoms with Crippen LogP contribution in [0.1, 0.15) is 64.5 Å². The van der Waals surface area contributed by atoms with Gasteiger partial charge in [0.2, 0.25) is 11.8 Å². The number of carboxylic acid groups (broad SMARTS) is 1. The Morgan fingerprint density at radius 2 is 1.76 bits per heavy atom. The molecule has 4 N–H and O–H groups in total. The fourth-order valence-corrected chi connectivity index (χ4v) is 6.68. The van der Waals surface area contributed by atoms with E-state index in [1.165, 1.54) is 47.9 Å². The maximum atomic E-state index is 13.4. The summed E-state index contributed by atoms with van der Waals surface area (Å²) in [6.07, 6.45) is 0. The molecule has 196 valence electrons. The second-order valence-corrected chi connectivity index (χ2v) is 11.5. The molecule has 11 nitrogen and oxygen atoms in total. The third-order valence-corrected chi connectivity index (χ3v) is 8.31. The Balaban J connectivity index is 0.00000400. The van der Waals surface area contributed by atoms with Crippen LogP contribution in [0.3, 0.4) is 0 Å². The van der Waals surface area contributed by atoms with Crippen molar-refractivity contribution >= 4 is 41.2 Å². The maximum absolute atomic E-state index is 13.4. The number of carbonyl (C=O) groups is 5. The van der Waals surface area contributed by atoms with Crippen LogP contribution in [-0.4, -0.2) is 66.7 Å². The van der Waals surface area contributed by atoms with E-state index in [0.29, 0.717) is 22.4 Å². The van der Waals surface area contributed by atoms with Crippen LogP contribution in [0.15, 0.2) is 24.3 Å². The number of amides is 3. The van der Waals surface area contributed by atoms with E-state index < -0.39 is 51.9 Å². The number of aromatic amines is 1. The number of H-pyrrole nitrogens is 1. The molecule has 2 aromatic rings. The van der Waals surface area contributed by atoms with Crippen molar-refractivity contribution in [3.8, 4) is 5.75 Å². The number of hydrogen-bond acceptors (Lipinski definition) is 7. The van der Waals surface area contributed by atoms with Gasteiger partial charge < -0.3 is 30.7 Å². The number of benzene rings is 1. The van der Waals surface area contributed by atoms with Crippen molar-refractivity contribution in [1.29, 1.82) is 0 Å². The second kappa shape index (κ2) is 10.8. The van der Waals surface area contributed by atoms with Crippen molar-refractivity contribution in [2.24, 2.45) is 0 Å². The van der Waals surface area contributed by atoms with Crippen LogP contribution in [0.2, 0.25) is 0 Å². The summed E-state index contributed by atoms with van der Waals surface area (Å²) in [4.78, 5) is 67.3. The van der Waals surface area contributed by atoms with E-state index in [0.717, 1.165) is 0 Å². The molecule has 38 heavy (non-hydrogen) atoms. The molecular weight excluding hydrogens is 523 g/mol. The van der Waals surface area contributed by atoms with Gasteiger partial charge in [-0.25, -0.2) is 4.79 Å². The first-order valence-electron chi connectivity index (χ1n) is 11.6. The molecule has 2 aliphatic rings. The van der Waals surface area contributed by atoms with Crippen LogP contribution in [0.4, 0.5) is 0 Å². The zero-order chi connectivity index (χ0) is 27.4. The van der Waals surface area contributed by atoms with E-state index in [2.05, 4.69) is 15.6 Å². The summed E-state index contributed by atoms with van der Waals surface area (Å²) in [5.41, 5.74) is 1.76. The van der Waals surface area contributed by atoms with E-state index in [1.54, 1.807) is 27.7 Å². The van der Waals surface area contributed by atoms with E-state index in [1.807, 2.05) is 0 Å². The maximum Gasteiger partial charge on any atom is 1.00 e. The van der Waals surface area contributed by atoms with Crippen molar-refractivity contribution < 1.29 is 63.7 Å². The molecule has 0 spiro atoms. The summed E-state index contributed by atoms with van der Waals surface area (Å²) >= 11 is 1.28. The van der Waals surface area contributed by atoms with Gasteiger partial charge >= 0.3 is 35.5 Å². The van der Waals surface area contributed by atoms with Crippen LogP contribution in [-0.2, 0) is 14.4 Å². The summed E-state index contributed by atoms with van der Waals surface area (Å²) in [6, 6.07) is 2.04. The summed E-state index contributed by atoms with van der Waals surface area (Å²) in [5, 5.41) is 26.0. The summed E-state index contributed by atoms with van der Waals surface area (Å²) in [7, 11) is 0. The van der Waals surface area contributed by atoms with Crippen molar-refractivity contribution in [3.05, 3.63) is 52.3 Å². The van der Waals surface area contributed by atoms with Crippen LogP contribution >= 0.6 is 11.8 Å². The standard InChI is InChI=1S/C25H28N4O7S.Na/c1-10-15(12(3)30)11(2)26-16(10)20(32)27-17(13-6-8-14(31)9-7-13)21(33)28-18-22(34)29-19(24(35)36)25(4,5)37-23(18)29;/h6-9,17-19,23,26,31H,1-5H3,(H,27,32)(H,28,33)(H,35,36);/q;+1/p-1/t17?,18-,19+,23-;/m1./s1. The Morgan fingerprint density at radius 1 is 1.16 bits per heavy atom. The number of rotatable bonds is 7. The van der Waals surface area contributed by atoms with Crippen molar-refractivity contribution in [2.45, 2.75) is 62.9 Å². The number of carboxylic acids is 1. The zero-order valence-corrected chi connectivity index (χ0v) is 24.7. The van der Waals surface area contributed by atoms with Gasteiger partial charge in [0.05, 0.1) is 0 Å². The predicted octanol–water partition coefficient (Wildman–Crippen LogP) is -1.99. The van der Waals surface area contributed by atoms with Gasteiger partial charge in [0.1, 0.15) is 29.2 Å². The molecule has 4 rings (SSSR count). The average molecular weight is 551 g/mol. The third-order valence-electron chi connectivity index (χ3n) is 6.74. The molecule has 0 saturated carbocycles. The first-order chi connectivity index (χ1) is 17.2. The van der Waals surface area contributed by atoms with Gasteiger partial charge in [-0.3, -0.25) is 19.2 Å². The number of nitrogens with one attached hydrogen (secondary N) is 3. The Bertz CT molecular complexity index is 1320. The van der Waals surface area contributed by atoms with Crippen LogP contribution < -0.4 is 45.3 Å². The number of thioether (sulfide) groups is 1. The molecule has 3 heterocycles. The monoisotopic (exact) mass is 550 g/mol. The molecule has 1 unspecified atom stereocenters. The number of aliphatic carboxylic acids is 1. The molecular formula is C25H27N4NaO7S. The summed E-state index contributed by atoms with van der Waals surface area (Å²) in [6.45, 7) is 8.13. The van der Waals surface area contributed by atoms with Crippen molar-refractivity contribution in [1.82, 2.24) is 20.5 Å². The first-order valence-corrected chi connectivity index (χ1v) is 12.4. The fraction of sp³-hybridized carbons (Fsp3) is 0.400. The third kappa shape index (κ3) is 5.09. The minimum Gasteiger partial charge on any atom is -0.872 e. The van der Waals surface area contributed by atoms with Gasteiger partial charge in [-0.15, -0.1) is 17.5 Å². The van der Waals surface area contributed by atoms with Gasteiger partial charge in [0.25, 0.3) is 5.91 Å². The molecule has 0 bridgehead atoms. The molecule has 2 aliphatic heterocycles. The Kier molecular flexibility index (Phi) is 8.42. The second-order valence-electron chi connectivity index (χ2n) is 9.74. The van der Waals surface area contributed by atoms with E-state index >= 15 is 0 Å². The van der Waals surface area contributed by atoms with E-state index in [9.17, 15) is 34.2 Å². The van der Waals surface area contributed by atoms with E-state index in [4.69, 9.17) is 0 Å².